The van der Waals surface area contributed by atoms with E-state index in [0.29, 0.717) is 36.2 Å². The van der Waals surface area contributed by atoms with Crippen LogP contribution in [-0.4, -0.2) is 34.8 Å². The number of aromatic nitrogens is 2. The number of aryl methyl sites for hydroxylation is 1. The van der Waals surface area contributed by atoms with Crippen molar-refractivity contribution in [2.75, 3.05) is 23.8 Å². The third-order valence-electron chi connectivity index (χ3n) is 5.42. The molecule has 0 bridgehead atoms. The van der Waals surface area contributed by atoms with Crippen molar-refractivity contribution in [3.8, 4) is 11.3 Å². The normalized spacial score (nSPS) is 15.6. The fourth-order valence-corrected chi connectivity index (χ4v) is 3.64. The summed E-state index contributed by atoms with van der Waals surface area (Å²) in [5.74, 6) is -3.25. The van der Waals surface area contributed by atoms with Gasteiger partial charge in [-0.25, -0.2) is 8.78 Å². The van der Waals surface area contributed by atoms with Crippen LogP contribution >= 0.6 is 0 Å². The molecule has 1 saturated heterocycles. The summed E-state index contributed by atoms with van der Waals surface area (Å²) in [4.78, 5) is 25.1. The van der Waals surface area contributed by atoms with E-state index in [-0.39, 0.29) is 12.3 Å². The molecule has 32 heavy (non-hydrogen) atoms. The first-order valence-electron chi connectivity index (χ1n) is 10.1. The van der Waals surface area contributed by atoms with Gasteiger partial charge in [-0.1, -0.05) is 30.3 Å². The number of nitrogens with zero attached hydrogens (tertiary/aromatic N) is 2. The Labute approximate surface area is 183 Å². The van der Waals surface area contributed by atoms with Crippen molar-refractivity contribution in [3.63, 3.8) is 0 Å². The lowest BCUT2D eigenvalue weighted by atomic mass is 10.1. The first-order valence-corrected chi connectivity index (χ1v) is 10.1. The van der Waals surface area contributed by atoms with Crippen LogP contribution in [0.25, 0.3) is 11.3 Å². The smallest absolute Gasteiger partial charge is 0.259 e. The SMILES string of the molecule is Cc1c(-c2ccccc2)nn(C)c1NC(=O)c1cc(NC(=O)C2CCOC2)c(F)cc1F. The molecule has 3 aromatic rings. The van der Waals surface area contributed by atoms with Crippen molar-refractivity contribution < 1.29 is 23.1 Å². The lowest BCUT2D eigenvalue weighted by molar-refractivity contribution is -0.119. The number of halogens is 2. The van der Waals surface area contributed by atoms with E-state index in [4.69, 9.17) is 4.74 Å². The molecule has 2 heterocycles. The van der Waals surface area contributed by atoms with Crippen LogP contribution in [0.4, 0.5) is 20.3 Å². The molecule has 7 nitrogen and oxygen atoms in total. The standard InChI is InChI=1S/C23H22F2N4O3/c1-13-20(14-6-4-3-5-7-14)28-29(2)21(13)27-23(31)16-10-19(18(25)11-17(16)24)26-22(30)15-8-9-32-12-15/h3-7,10-11,15H,8-9,12H2,1-2H3,(H,26,30)(H,27,31). The van der Waals surface area contributed by atoms with E-state index in [1.807, 2.05) is 30.3 Å². The largest absolute Gasteiger partial charge is 0.381 e. The average molecular weight is 440 g/mol. The highest BCUT2D eigenvalue weighted by atomic mass is 19.1. The first-order chi connectivity index (χ1) is 15.3. The number of carbonyl (C=O) groups is 2. The highest BCUT2D eigenvalue weighted by Crippen LogP contribution is 2.28. The maximum atomic E-state index is 14.4. The summed E-state index contributed by atoms with van der Waals surface area (Å²) in [6.07, 6.45) is 0.519. The molecule has 0 saturated carbocycles. The number of nitrogens with one attached hydrogen (secondary N) is 2. The van der Waals surface area contributed by atoms with E-state index in [1.54, 1.807) is 14.0 Å². The molecule has 0 aliphatic carbocycles. The second-order valence-corrected chi connectivity index (χ2v) is 7.63. The predicted molar refractivity (Wildman–Crippen MR) is 115 cm³/mol. The number of amides is 2. The zero-order valence-corrected chi connectivity index (χ0v) is 17.6. The molecule has 1 fully saturated rings. The summed E-state index contributed by atoms with van der Waals surface area (Å²) in [7, 11) is 1.66. The Morgan fingerprint density at radius 1 is 1.12 bits per heavy atom. The fraction of sp³-hybridized carbons (Fsp3) is 0.261. The number of hydrogen-bond donors (Lipinski definition) is 2. The Kier molecular flexibility index (Phi) is 6.00. The van der Waals surface area contributed by atoms with E-state index >= 15 is 0 Å². The van der Waals surface area contributed by atoms with Gasteiger partial charge in [-0.3, -0.25) is 14.3 Å². The van der Waals surface area contributed by atoms with Crippen LogP contribution in [0.2, 0.25) is 0 Å². The molecule has 2 aromatic carbocycles. The van der Waals surface area contributed by atoms with Gasteiger partial charge in [0.1, 0.15) is 17.5 Å². The second kappa shape index (κ2) is 8.88. The zero-order valence-electron chi connectivity index (χ0n) is 17.6. The molecule has 2 amide bonds. The van der Waals surface area contributed by atoms with Gasteiger partial charge in [0.2, 0.25) is 5.91 Å². The zero-order chi connectivity index (χ0) is 22.8. The molecule has 0 spiro atoms. The van der Waals surface area contributed by atoms with E-state index in [2.05, 4.69) is 15.7 Å². The topological polar surface area (TPSA) is 85.3 Å². The Morgan fingerprint density at radius 2 is 1.88 bits per heavy atom. The third-order valence-corrected chi connectivity index (χ3v) is 5.42. The maximum Gasteiger partial charge on any atom is 0.259 e. The average Bonchev–Trinajstić information content (AvgIpc) is 3.41. The highest BCUT2D eigenvalue weighted by Gasteiger charge is 2.26. The van der Waals surface area contributed by atoms with Crippen LogP contribution < -0.4 is 10.6 Å². The quantitative estimate of drug-likeness (QED) is 0.630. The van der Waals surface area contributed by atoms with E-state index in [0.717, 1.165) is 11.6 Å². The fourth-order valence-electron chi connectivity index (χ4n) is 3.64. The van der Waals surface area contributed by atoms with Crippen LogP contribution in [0.3, 0.4) is 0 Å². The van der Waals surface area contributed by atoms with Gasteiger partial charge < -0.3 is 15.4 Å². The second-order valence-electron chi connectivity index (χ2n) is 7.63. The molecule has 1 aromatic heterocycles. The molecule has 1 aliphatic rings. The summed E-state index contributed by atoms with van der Waals surface area (Å²) < 4.78 is 35.3. The van der Waals surface area contributed by atoms with Crippen molar-refractivity contribution in [2.24, 2.45) is 13.0 Å². The number of anilines is 2. The molecule has 166 valence electrons. The predicted octanol–water partition coefficient (Wildman–Crippen LogP) is 3.90. The van der Waals surface area contributed by atoms with Gasteiger partial charge in [-0.05, 0) is 19.4 Å². The Morgan fingerprint density at radius 3 is 2.56 bits per heavy atom. The third kappa shape index (κ3) is 4.24. The van der Waals surface area contributed by atoms with Crippen molar-refractivity contribution >= 4 is 23.3 Å². The molecule has 1 unspecified atom stereocenters. The van der Waals surface area contributed by atoms with Crippen molar-refractivity contribution in [3.05, 3.63) is 65.2 Å². The van der Waals surface area contributed by atoms with Gasteiger partial charge in [0.05, 0.1) is 29.5 Å². The summed E-state index contributed by atoms with van der Waals surface area (Å²) in [5, 5.41) is 9.52. The maximum absolute atomic E-state index is 14.4. The number of ether oxygens (including phenoxy) is 1. The Balaban J connectivity index is 1.58. The minimum atomic E-state index is -1.04. The van der Waals surface area contributed by atoms with Crippen molar-refractivity contribution in [1.29, 1.82) is 0 Å². The lowest BCUT2D eigenvalue weighted by Crippen LogP contribution is -2.24. The highest BCUT2D eigenvalue weighted by molar-refractivity contribution is 6.06. The van der Waals surface area contributed by atoms with Crippen LogP contribution in [0.5, 0.6) is 0 Å². The van der Waals surface area contributed by atoms with Gasteiger partial charge in [-0.2, -0.15) is 5.10 Å². The van der Waals surface area contributed by atoms with Crippen molar-refractivity contribution in [1.82, 2.24) is 9.78 Å². The monoisotopic (exact) mass is 440 g/mol. The number of benzene rings is 2. The molecular formula is C23H22F2N4O3. The minimum absolute atomic E-state index is 0.242. The number of hydrogen-bond acceptors (Lipinski definition) is 4. The first kappa shape index (κ1) is 21.6. The molecule has 0 radical (unpaired) electrons. The molecule has 1 atom stereocenters. The molecule has 2 N–H and O–H groups in total. The summed E-state index contributed by atoms with van der Waals surface area (Å²) in [5.41, 5.74) is 1.58. The van der Waals surface area contributed by atoms with Gasteiger partial charge >= 0.3 is 0 Å². The van der Waals surface area contributed by atoms with E-state index < -0.39 is 34.9 Å². The van der Waals surface area contributed by atoms with E-state index in [9.17, 15) is 18.4 Å². The van der Waals surface area contributed by atoms with Gasteiger partial charge in [-0.15, -0.1) is 0 Å². The molecule has 1 aliphatic heterocycles. The Bertz CT molecular complexity index is 1170. The van der Waals surface area contributed by atoms with Gasteiger partial charge in [0, 0.05) is 30.8 Å². The molecule has 9 heteroatoms. The summed E-state index contributed by atoms with van der Waals surface area (Å²) >= 11 is 0. The number of carbonyl (C=O) groups excluding carboxylic acids is 2. The Hall–Kier alpha value is -3.59. The number of rotatable bonds is 5. The molecular weight excluding hydrogens is 418 g/mol. The minimum Gasteiger partial charge on any atom is -0.381 e. The van der Waals surface area contributed by atoms with Gasteiger partial charge in [0.25, 0.3) is 5.91 Å². The van der Waals surface area contributed by atoms with Crippen molar-refractivity contribution in [2.45, 2.75) is 13.3 Å². The van der Waals surface area contributed by atoms with Crippen LogP contribution in [-0.2, 0) is 16.6 Å². The van der Waals surface area contributed by atoms with Crippen LogP contribution in [0, 0.1) is 24.5 Å². The molecule has 4 rings (SSSR count). The van der Waals surface area contributed by atoms with E-state index in [1.165, 1.54) is 4.68 Å². The lowest BCUT2D eigenvalue weighted by Gasteiger charge is -2.13. The van der Waals surface area contributed by atoms with Crippen LogP contribution in [0.1, 0.15) is 22.3 Å². The summed E-state index contributed by atoms with van der Waals surface area (Å²) in [6, 6.07) is 11.0. The van der Waals surface area contributed by atoms with Crippen LogP contribution in [0.15, 0.2) is 42.5 Å². The van der Waals surface area contributed by atoms with Gasteiger partial charge in [0.15, 0.2) is 0 Å². The summed E-state index contributed by atoms with van der Waals surface area (Å²) in [6.45, 7) is 2.49.